The van der Waals surface area contributed by atoms with Gasteiger partial charge in [-0.25, -0.2) is 4.79 Å². The van der Waals surface area contributed by atoms with Crippen molar-refractivity contribution in [2.24, 2.45) is 62.1 Å². The predicted molar refractivity (Wildman–Crippen MR) is 368 cm³/mol. The van der Waals surface area contributed by atoms with Crippen molar-refractivity contribution in [3.8, 4) is 11.8 Å². The van der Waals surface area contributed by atoms with Crippen LogP contribution in [0.4, 0.5) is 0 Å². The van der Waals surface area contributed by atoms with Crippen molar-refractivity contribution in [3.63, 3.8) is 0 Å². The van der Waals surface area contributed by atoms with Crippen LogP contribution in [0, 0.1) is 73.9 Å². The zero-order valence-electron chi connectivity index (χ0n) is 56.2. The first kappa shape index (κ1) is 62.3. The molecule has 93 heavy (non-hydrogen) atoms. The first-order valence-corrected chi connectivity index (χ1v) is 37.4. The number of rotatable bonds is 15. The Hall–Kier alpha value is -5.52. The third-order valence-electron chi connectivity index (χ3n) is 29.5. The minimum atomic E-state index is -1.79. The van der Waals surface area contributed by atoms with Crippen LogP contribution in [-0.4, -0.2) is 57.8 Å². The van der Waals surface area contributed by atoms with Gasteiger partial charge in [0.15, 0.2) is 0 Å². The maximum absolute atomic E-state index is 16.3. The summed E-state index contributed by atoms with van der Waals surface area (Å²) >= 11 is 0. The Kier molecular flexibility index (Phi) is 15.8. The van der Waals surface area contributed by atoms with Gasteiger partial charge in [0, 0.05) is 30.3 Å². The van der Waals surface area contributed by atoms with E-state index in [-0.39, 0.29) is 59.0 Å². The lowest BCUT2D eigenvalue weighted by atomic mass is 9.34. The standard InChI is InChI=1S/C86H104O7/c1-57(21-17-26-58-22-7-4-8-23-58)33-36-71(87)86-72(88)39-46-80(3,77(86)70-54-79(2,85(86,91)48-37-61-50-73(89)92-55-61)40-20-44-81(78(90)93-70)43-19-27-60(52-81)49-59-24-9-5-10-25-59)64-38-47-84-56-82(41-15-16-42-82)69-53-83(63-29-11-6-12-30-63)45-14-13-32-67(83)66-35-34-62-28-18-31-65(68(84)51-64)74(62)75(66)76(69)84/h4-12,18,22-25,28-31,34-35,50,57,60,64,67-72,76-77,87-88,91H,13-17,19,21,26-27,32-33,36-39,41-49,51-56H2,1-3H3. The molecule has 2 heterocycles. The van der Waals surface area contributed by atoms with Gasteiger partial charge in [-0.1, -0.05) is 186 Å². The van der Waals surface area contributed by atoms with E-state index in [1.165, 1.54) is 80.7 Å². The zero-order chi connectivity index (χ0) is 63.6. The maximum Gasteiger partial charge on any atom is 0.331 e. The molecule has 9 aliphatic carbocycles. The highest BCUT2D eigenvalue weighted by molar-refractivity contribution is 5.93. The summed E-state index contributed by atoms with van der Waals surface area (Å²) < 4.78 is 13.2. The van der Waals surface area contributed by atoms with Crippen molar-refractivity contribution in [3.05, 3.63) is 166 Å². The third kappa shape index (κ3) is 9.68. The molecular weight excluding hydrogens is 1140 g/mol. The van der Waals surface area contributed by atoms with E-state index in [1.54, 1.807) is 33.7 Å². The molecule has 7 fully saturated rings. The van der Waals surface area contributed by atoms with E-state index in [1.807, 2.05) is 0 Å². The molecule has 11 aliphatic rings. The van der Waals surface area contributed by atoms with Gasteiger partial charge in [-0.2, -0.15) is 0 Å². The predicted octanol–water partition coefficient (Wildman–Crippen LogP) is 18.1. The Labute approximate surface area is 555 Å². The molecule has 16 rings (SSSR count). The molecule has 0 amide bonds. The van der Waals surface area contributed by atoms with E-state index < -0.39 is 51.5 Å². The Morgan fingerprint density at radius 1 is 0.699 bits per heavy atom. The van der Waals surface area contributed by atoms with Crippen molar-refractivity contribution in [2.75, 3.05) is 6.61 Å². The fourth-order valence-corrected chi connectivity index (χ4v) is 25.6. The summed E-state index contributed by atoms with van der Waals surface area (Å²) in [6, 6.07) is 45.8. The Morgan fingerprint density at radius 3 is 2.24 bits per heavy atom. The number of fused-ring (bicyclic) bond motifs is 8. The van der Waals surface area contributed by atoms with Gasteiger partial charge in [-0.05, 0) is 243 Å². The van der Waals surface area contributed by atoms with Gasteiger partial charge >= 0.3 is 11.9 Å². The number of hydrogen-bond donors (Lipinski definition) is 3. The molecule has 7 saturated carbocycles. The van der Waals surface area contributed by atoms with E-state index in [0.29, 0.717) is 81.5 Å². The topological polar surface area (TPSA) is 113 Å². The zero-order valence-corrected chi connectivity index (χ0v) is 56.2. The van der Waals surface area contributed by atoms with Gasteiger partial charge in [0.2, 0.25) is 0 Å². The van der Waals surface area contributed by atoms with Gasteiger partial charge in [-0.3, -0.25) is 4.79 Å². The smallest absolute Gasteiger partial charge is 0.331 e. The maximum atomic E-state index is 16.3. The molecular formula is C86H104O7. The highest BCUT2D eigenvalue weighted by Gasteiger charge is 2.79. The fraction of sp³-hybridized carbons (Fsp3) is 0.605. The van der Waals surface area contributed by atoms with Gasteiger partial charge in [-0.15, -0.1) is 5.92 Å². The Balaban J connectivity index is 0.837. The monoisotopic (exact) mass is 1250 g/mol. The van der Waals surface area contributed by atoms with E-state index >= 15 is 9.90 Å². The molecule has 3 N–H and O–H groups in total. The SMILES string of the molecule is CC(CCCc1ccccc1)CCC(O)C12C(O)CCC(C)(C3CCC45CC6(CCCC6)C6CC7(c8ccccc8)CCCCC7c7ccc8cccc(c8c7C64)C5C3)C1C1CC(C)(C#CCC3(CCCC(Cc4ccccc4)C3)C(=O)O1)C2(O)CCC1=CC(=O)OC1. The summed E-state index contributed by atoms with van der Waals surface area (Å²) in [4.78, 5) is 29.2. The Morgan fingerprint density at radius 2 is 1.46 bits per heavy atom. The summed E-state index contributed by atoms with van der Waals surface area (Å²) in [6.07, 6.45) is 25.1. The van der Waals surface area contributed by atoms with Crippen molar-refractivity contribution < 1.29 is 34.4 Å². The lowest BCUT2D eigenvalue weighted by Crippen LogP contribution is -2.79. The van der Waals surface area contributed by atoms with Gasteiger partial charge in [0.1, 0.15) is 12.7 Å². The highest BCUT2D eigenvalue weighted by atomic mass is 16.5. The summed E-state index contributed by atoms with van der Waals surface area (Å²) in [6.45, 7) is 7.04. The summed E-state index contributed by atoms with van der Waals surface area (Å²) in [5.41, 5.74) is 4.37. The number of hydrogen-bond acceptors (Lipinski definition) is 7. The van der Waals surface area contributed by atoms with Crippen LogP contribution < -0.4 is 0 Å². The minimum Gasteiger partial charge on any atom is -0.462 e. The van der Waals surface area contributed by atoms with Crippen molar-refractivity contribution in [1.82, 2.24) is 0 Å². The van der Waals surface area contributed by atoms with E-state index in [9.17, 15) is 15.0 Å². The van der Waals surface area contributed by atoms with Gasteiger partial charge < -0.3 is 24.8 Å². The molecule has 3 spiro atoms. The Bertz CT molecular complexity index is 3730. The first-order chi connectivity index (χ1) is 45.1. The van der Waals surface area contributed by atoms with Crippen LogP contribution in [0.15, 0.2) is 133 Å². The van der Waals surface area contributed by atoms with Crippen LogP contribution in [0.1, 0.15) is 245 Å². The second-order valence-electron chi connectivity index (χ2n) is 33.8. The van der Waals surface area contributed by atoms with Crippen LogP contribution >= 0.6 is 0 Å². The lowest BCUT2D eigenvalue weighted by Gasteiger charge is -2.72. The number of carbonyl (C=O) groups is 2. The number of esters is 2. The fourth-order valence-electron chi connectivity index (χ4n) is 25.6. The average Bonchev–Trinajstić information content (AvgIpc) is 1.66. The molecule has 18 atom stereocenters. The highest BCUT2D eigenvalue weighted by Crippen LogP contribution is 2.82. The second-order valence-corrected chi connectivity index (χ2v) is 33.8. The van der Waals surface area contributed by atoms with Crippen molar-refractivity contribution in [2.45, 2.75) is 254 Å². The summed E-state index contributed by atoms with van der Waals surface area (Å²) in [5, 5.41) is 46.4. The summed E-state index contributed by atoms with van der Waals surface area (Å²) in [5.74, 6) is 8.87. The van der Waals surface area contributed by atoms with Crippen LogP contribution in [0.25, 0.3) is 10.8 Å². The molecule has 5 aromatic carbocycles. The molecule has 18 unspecified atom stereocenters. The molecule has 0 saturated heterocycles. The lowest BCUT2D eigenvalue weighted by molar-refractivity contribution is -0.340. The number of cyclic esters (lactones) is 1. The molecule has 7 heteroatoms. The second kappa shape index (κ2) is 23.6. The minimum absolute atomic E-state index is 0.0658. The molecule has 5 aromatic rings. The van der Waals surface area contributed by atoms with Crippen LogP contribution in [0.3, 0.4) is 0 Å². The number of aliphatic hydroxyl groups excluding tert-OH is 2. The van der Waals surface area contributed by atoms with Gasteiger partial charge in [0.25, 0.3) is 0 Å². The van der Waals surface area contributed by atoms with Gasteiger partial charge in [0.05, 0.1) is 34.1 Å². The van der Waals surface area contributed by atoms with Crippen LogP contribution in [-0.2, 0) is 37.3 Å². The number of aryl methyl sites for hydroxylation is 1. The average molecular weight is 1250 g/mol. The first-order valence-electron chi connectivity index (χ1n) is 37.4. The van der Waals surface area contributed by atoms with Crippen molar-refractivity contribution in [1.29, 1.82) is 0 Å². The van der Waals surface area contributed by atoms with E-state index in [4.69, 9.17) is 9.47 Å². The molecule has 2 aliphatic heterocycles. The van der Waals surface area contributed by atoms with E-state index in [0.717, 1.165) is 63.4 Å². The molecule has 490 valence electrons. The molecule has 2 bridgehead atoms. The molecule has 0 aromatic heterocycles. The summed E-state index contributed by atoms with van der Waals surface area (Å²) in [7, 11) is 0. The number of aliphatic hydroxyl groups is 3. The molecule has 0 radical (unpaired) electrons. The molecule has 7 nitrogen and oxygen atoms in total. The van der Waals surface area contributed by atoms with Crippen LogP contribution in [0.5, 0.6) is 0 Å². The quantitative estimate of drug-likeness (QED) is 0.0707. The van der Waals surface area contributed by atoms with Crippen molar-refractivity contribution >= 4 is 22.7 Å². The van der Waals surface area contributed by atoms with Crippen LogP contribution in [0.2, 0.25) is 0 Å². The number of benzene rings is 5. The van der Waals surface area contributed by atoms with E-state index in [2.05, 4.69) is 154 Å². The normalized spacial score (nSPS) is 39.2. The number of ether oxygens (including phenoxy) is 2. The number of carbonyl (C=O) groups excluding carboxylic acids is 2. The largest absolute Gasteiger partial charge is 0.462 e. The third-order valence-corrected chi connectivity index (χ3v) is 29.5.